The molecule has 3 nitrogen and oxygen atoms in total. The SMILES string of the molecule is COc1ccc(-c2c3c(nn2C)CCCC3)cc1. The van der Waals surface area contributed by atoms with E-state index in [1.54, 1.807) is 7.11 Å². The van der Waals surface area contributed by atoms with Crippen molar-refractivity contribution in [3.8, 4) is 17.0 Å². The number of aryl methyl sites for hydroxylation is 2. The first-order chi connectivity index (χ1) is 8.79. The van der Waals surface area contributed by atoms with Crippen LogP contribution in [-0.2, 0) is 19.9 Å². The highest BCUT2D eigenvalue weighted by Gasteiger charge is 2.19. The number of nitrogens with zero attached hydrogens (tertiary/aromatic N) is 2. The lowest BCUT2D eigenvalue weighted by Gasteiger charge is -2.11. The van der Waals surface area contributed by atoms with Gasteiger partial charge in [-0.05, 0) is 49.9 Å². The van der Waals surface area contributed by atoms with Crippen molar-refractivity contribution >= 4 is 0 Å². The molecule has 0 spiro atoms. The minimum absolute atomic E-state index is 0.898. The fraction of sp³-hybridized carbons (Fsp3) is 0.400. The molecule has 1 aromatic carbocycles. The molecule has 0 amide bonds. The third-order valence-electron chi connectivity index (χ3n) is 3.68. The first-order valence-electron chi connectivity index (χ1n) is 6.49. The molecule has 0 unspecified atom stereocenters. The number of fused-ring (bicyclic) bond motifs is 1. The molecular formula is C15H18N2O. The Labute approximate surface area is 107 Å². The van der Waals surface area contributed by atoms with Crippen LogP contribution < -0.4 is 4.74 Å². The third kappa shape index (κ3) is 1.80. The zero-order valence-electron chi connectivity index (χ0n) is 10.9. The van der Waals surface area contributed by atoms with Crippen LogP contribution in [0.2, 0.25) is 0 Å². The summed E-state index contributed by atoms with van der Waals surface area (Å²) in [6.07, 6.45) is 4.83. The van der Waals surface area contributed by atoms with E-state index in [9.17, 15) is 0 Å². The average Bonchev–Trinajstić information content (AvgIpc) is 2.75. The van der Waals surface area contributed by atoms with Gasteiger partial charge in [0.25, 0.3) is 0 Å². The molecule has 0 radical (unpaired) electrons. The monoisotopic (exact) mass is 242 g/mol. The lowest BCUT2D eigenvalue weighted by Crippen LogP contribution is -2.01. The van der Waals surface area contributed by atoms with Crippen molar-refractivity contribution in [1.29, 1.82) is 0 Å². The number of hydrogen-bond acceptors (Lipinski definition) is 2. The molecule has 2 aromatic rings. The van der Waals surface area contributed by atoms with E-state index < -0.39 is 0 Å². The van der Waals surface area contributed by atoms with Gasteiger partial charge in [0.15, 0.2) is 0 Å². The Balaban J connectivity index is 2.07. The van der Waals surface area contributed by atoms with Crippen molar-refractivity contribution in [3.05, 3.63) is 35.5 Å². The largest absolute Gasteiger partial charge is 0.497 e. The number of methoxy groups -OCH3 is 1. The minimum atomic E-state index is 0.898. The second-order valence-electron chi connectivity index (χ2n) is 4.83. The lowest BCUT2D eigenvalue weighted by atomic mass is 9.93. The highest BCUT2D eigenvalue weighted by atomic mass is 16.5. The van der Waals surface area contributed by atoms with E-state index in [2.05, 4.69) is 17.2 Å². The smallest absolute Gasteiger partial charge is 0.118 e. The van der Waals surface area contributed by atoms with Crippen LogP contribution in [0, 0.1) is 0 Å². The van der Waals surface area contributed by atoms with Gasteiger partial charge in [0, 0.05) is 18.2 Å². The molecule has 0 saturated carbocycles. The number of rotatable bonds is 2. The first kappa shape index (κ1) is 11.3. The Morgan fingerprint density at radius 3 is 2.56 bits per heavy atom. The van der Waals surface area contributed by atoms with Crippen molar-refractivity contribution in [2.24, 2.45) is 7.05 Å². The fourth-order valence-electron chi connectivity index (χ4n) is 2.79. The molecule has 0 saturated heterocycles. The molecule has 0 atom stereocenters. The van der Waals surface area contributed by atoms with Crippen molar-refractivity contribution < 1.29 is 4.74 Å². The maximum atomic E-state index is 5.21. The summed E-state index contributed by atoms with van der Waals surface area (Å²) in [5.41, 5.74) is 5.23. The summed E-state index contributed by atoms with van der Waals surface area (Å²) in [7, 11) is 3.73. The van der Waals surface area contributed by atoms with Gasteiger partial charge in [-0.3, -0.25) is 4.68 Å². The average molecular weight is 242 g/mol. The number of benzene rings is 1. The van der Waals surface area contributed by atoms with Crippen LogP contribution in [0.25, 0.3) is 11.3 Å². The van der Waals surface area contributed by atoms with E-state index in [-0.39, 0.29) is 0 Å². The zero-order chi connectivity index (χ0) is 12.5. The Kier molecular flexibility index (Phi) is 2.82. The summed E-state index contributed by atoms with van der Waals surface area (Å²) >= 11 is 0. The van der Waals surface area contributed by atoms with E-state index in [1.165, 1.54) is 35.4 Å². The number of aromatic nitrogens is 2. The zero-order valence-corrected chi connectivity index (χ0v) is 10.9. The van der Waals surface area contributed by atoms with E-state index in [0.29, 0.717) is 0 Å². The van der Waals surface area contributed by atoms with Crippen LogP contribution in [0.3, 0.4) is 0 Å². The molecule has 0 fully saturated rings. The highest BCUT2D eigenvalue weighted by Crippen LogP contribution is 2.31. The van der Waals surface area contributed by atoms with Gasteiger partial charge in [-0.15, -0.1) is 0 Å². The predicted octanol–water partition coefficient (Wildman–Crippen LogP) is 2.97. The molecule has 94 valence electrons. The summed E-state index contributed by atoms with van der Waals surface area (Å²) in [4.78, 5) is 0. The molecule has 0 bridgehead atoms. The minimum Gasteiger partial charge on any atom is -0.497 e. The molecule has 18 heavy (non-hydrogen) atoms. The normalized spacial score (nSPS) is 14.3. The molecular weight excluding hydrogens is 224 g/mol. The van der Waals surface area contributed by atoms with E-state index >= 15 is 0 Å². The van der Waals surface area contributed by atoms with Gasteiger partial charge in [0.05, 0.1) is 18.5 Å². The van der Waals surface area contributed by atoms with Crippen molar-refractivity contribution in [2.45, 2.75) is 25.7 Å². The van der Waals surface area contributed by atoms with E-state index in [4.69, 9.17) is 4.74 Å². The van der Waals surface area contributed by atoms with Gasteiger partial charge in [-0.1, -0.05) is 0 Å². The summed E-state index contributed by atoms with van der Waals surface area (Å²) < 4.78 is 7.23. The Bertz CT molecular complexity index is 555. The maximum absolute atomic E-state index is 5.21. The summed E-state index contributed by atoms with van der Waals surface area (Å²) in [5, 5.41) is 4.66. The predicted molar refractivity (Wildman–Crippen MR) is 71.8 cm³/mol. The molecule has 1 aromatic heterocycles. The quantitative estimate of drug-likeness (QED) is 0.809. The van der Waals surface area contributed by atoms with Gasteiger partial charge in [-0.2, -0.15) is 5.10 Å². The Morgan fingerprint density at radius 1 is 1.11 bits per heavy atom. The van der Waals surface area contributed by atoms with Crippen LogP contribution in [0.4, 0.5) is 0 Å². The Morgan fingerprint density at radius 2 is 1.83 bits per heavy atom. The van der Waals surface area contributed by atoms with Crippen LogP contribution >= 0.6 is 0 Å². The number of ether oxygens (including phenoxy) is 1. The van der Waals surface area contributed by atoms with Crippen LogP contribution in [-0.4, -0.2) is 16.9 Å². The molecule has 0 aliphatic heterocycles. The van der Waals surface area contributed by atoms with Crippen molar-refractivity contribution in [1.82, 2.24) is 9.78 Å². The second kappa shape index (κ2) is 4.48. The van der Waals surface area contributed by atoms with Gasteiger partial charge in [-0.25, -0.2) is 0 Å². The molecule has 1 heterocycles. The standard InChI is InChI=1S/C15H18N2O/c1-17-15(11-7-9-12(18-2)10-8-11)13-5-3-4-6-14(13)16-17/h7-10H,3-6H2,1-2H3. The van der Waals surface area contributed by atoms with Gasteiger partial charge in [0.1, 0.15) is 5.75 Å². The van der Waals surface area contributed by atoms with Gasteiger partial charge in [0.2, 0.25) is 0 Å². The molecule has 1 aliphatic carbocycles. The molecule has 3 heteroatoms. The van der Waals surface area contributed by atoms with Crippen LogP contribution in [0.1, 0.15) is 24.1 Å². The van der Waals surface area contributed by atoms with Gasteiger partial charge < -0.3 is 4.74 Å². The lowest BCUT2D eigenvalue weighted by molar-refractivity contribution is 0.415. The van der Waals surface area contributed by atoms with E-state index in [0.717, 1.165) is 18.6 Å². The Hall–Kier alpha value is -1.77. The van der Waals surface area contributed by atoms with Crippen molar-refractivity contribution in [2.75, 3.05) is 7.11 Å². The summed E-state index contributed by atoms with van der Waals surface area (Å²) in [6, 6.07) is 8.25. The van der Waals surface area contributed by atoms with E-state index in [1.807, 2.05) is 23.9 Å². The summed E-state index contributed by atoms with van der Waals surface area (Å²) in [5.74, 6) is 0.898. The summed E-state index contributed by atoms with van der Waals surface area (Å²) in [6.45, 7) is 0. The van der Waals surface area contributed by atoms with Gasteiger partial charge >= 0.3 is 0 Å². The second-order valence-corrected chi connectivity index (χ2v) is 4.83. The van der Waals surface area contributed by atoms with Crippen LogP contribution in [0.5, 0.6) is 5.75 Å². The topological polar surface area (TPSA) is 27.1 Å². The van der Waals surface area contributed by atoms with Crippen LogP contribution in [0.15, 0.2) is 24.3 Å². The number of hydrogen-bond donors (Lipinski definition) is 0. The van der Waals surface area contributed by atoms with Crippen molar-refractivity contribution in [3.63, 3.8) is 0 Å². The molecule has 3 rings (SSSR count). The highest BCUT2D eigenvalue weighted by molar-refractivity contribution is 5.65. The maximum Gasteiger partial charge on any atom is 0.118 e. The molecule has 0 N–H and O–H groups in total. The third-order valence-corrected chi connectivity index (χ3v) is 3.68. The molecule has 1 aliphatic rings. The first-order valence-corrected chi connectivity index (χ1v) is 6.49. The fourth-order valence-corrected chi connectivity index (χ4v) is 2.79.